The molecule has 0 saturated carbocycles. The summed E-state index contributed by atoms with van der Waals surface area (Å²) in [6.45, 7) is 8.73. The molecule has 5 rings (SSSR count). The largest absolute Gasteiger partial charge is 0.368 e. The van der Waals surface area contributed by atoms with E-state index in [0.717, 1.165) is 66.0 Å². The lowest BCUT2D eigenvalue weighted by molar-refractivity contribution is -0.109. The average molecular weight is 524 g/mol. The maximum atomic E-state index is 10.3. The maximum Gasteiger partial charge on any atom is 0.207 e. The Morgan fingerprint density at radius 2 is 1.42 bits per heavy atom. The van der Waals surface area contributed by atoms with E-state index in [1.54, 1.807) is 0 Å². The van der Waals surface area contributed by atoms with Crippen LogP contribution in [-0.2, 0) is 17.8 Å². The normalized spacial score (nSPS) is 13.3. The lowest BCUT2D eigenvalue weighted by Gasteiger charge is -2.37. The summed E-state index contributed by atoms with van der Waals surface area (Å²) in [4.78, 5) is 19.6. The van der Waals surface area contributed by atoms with Crippen molar-refractivity contribution in [3.63, 3.8) is 0 Å². The molecule has 4 aromatic rings. The molecule has 1 aliphatic heterocycles. The van der Waals surface area contributed by atoms with Gasteiger partial charge in [0, 0.05) is 61.0 Å². The minimum absolute atomic E-state index is 0.578. The molecule has 2 aromatic carbocycles. The van der Waals surface area contributed by atoms with Crippen LogP contribution in [0.1, 0.15) is 23.9 Å². The highest BCUT2D eigenvalue weighted by molar-refractivity contribution is 6.30. The number of carbonyl (C=O) groups is 1. The molecular formula is C28H31Cl2N5O. The predicted octanol–water partition coefficient (Wildman–Crippen LogP) is 5.77. The molecule has 0 aliphatic carbocycles. The number of aromatic nitrogens is 2. The van der Waals surface area contributed by atoms with Gasteiger partial charge in [0.05, 0.1) is 10.7 Å². The van der Waals surface area contributed by atoms with Crippen LogP contribution in [0.3, 0.4) is 0 Å². The maximum absolute atomic E-state index is 10.3. The summed E-state index contributed by atoms with van der Waals surface area (Å²) in [6.07, 6.45) is 3.59. The van der Waals surface area contributed by atoms with Gasteiger partial charge in [-0.05, 0) is 67.4 Å². The molecular weight excluding hydrogens is 493 g/mol. The van der Waals surface area contributed by atoms with E-state index < -0.39 is 0 Å². The van der Waals surface area contributed by atoms with Crippen LogP contribution in [0.4, 0.5) is 11.4 Å². The van der Waals surface area contributed by atoms with Crippen molar-refractivity contribution in [1.29, 1.82) is 0 Å². The molecule has 188 valence electrons. The Kier molecular flexibility index (Phi) is 8.73. The molecule has 1 amide bonds. The topological polar surface area (TPSA) is 52.9 Å². The highest BCUT2D eigenvalue weighted by Gasteiger charge is 2.17. The van der Waals surface area contributed by atoms with Crippen LogP contribution >= 0.6 is 23.2 Å². The Morgan fingerprint density at radius 1 is 0.861 bits per heavy atom. The number of carbonyl (C=O) groups excluding carboxylic acids is 1. The number of benzene rings is 2. The fraction of sp³-hybridized carbons (Fsp3) is 0.286. The summed E-state index contributed by atoms with van der Waals surface area (Å²) in [6, 6.07) is 20.2. The number of anilines is 2. The lowest BCUT2D eigenvalue weighted by Crippen LogP contribution is -2.46. The summed E-state index contributed by atoms with van der Waals surface area (Å²) in [5.41, 5.74) is 6.86. The first-order valence-corrected chi connectivity index (χ1v) is 12.9. The summed E-state index contributed by atoms with van der Waals surface area (Å²) in [5, 5.41) is 4.20. The molecule has 0 atom stereocenters. The van der Waals surface area contributed by atoms with E-state index in [1.807, 2.05) is 34.9 Å². The van der Waals surface area contributed by atoms with Gasteiger partial charge in [0.1, 0.15) is 5.65 Å². The third-order valence-corrected chi connectivity index (χ3v) is 6.89. The van der Waals surface area contributed by atoms with E-state index in [0.29, 0.717) is 6.54 Å². The molecule has 0 unspecified atom stereocenters. The van der Waals surface area contributed by atoms with Crippen LogP contribution in [0.2, 0.25) is 10.0 Å². The van der Waals surface area contributed by atoms with Gasteiger partial charge in [-0.2, -0.15) is 0 Å². The Balaban J connectivity index is 0.000000197. The minimum Gasteiger partial charge on any atom is -0.368 e. The van der Waals surface area contributed by atoms with Crippen LogP contribution < -0.4 is 15.1 Å². The van der Waals surface area contributed by atoms with E-state index >= 15 is 0 Å². The summed E-state index contributed by atoms with van der Waals surface area (Å²) in [7, 11) is 0. The van der Waals surface area contributed by atoms with Crippen molar-refractivity contribution in [2.24, 2.45) is 0 Å². The van der Waals surface area contributed by atoms with Crippen molar-refractivity contribution in [2.75, 3.05) is 36.0 Å². The third-order valence-electron chi connectivity index (χ3n) is 6.42. The van der Waals surface area contributed by atoms with E-state index in [-0.39, 0.29) is 0 Å². The summed E-state index contributed by atoms with van der Waals surface area (Å²) >= 11 is 11.8. The first-order chi connectivity index (χ1) is 17.5. The number of nitrogens with zero attached hydrogens (tertiary/aromatic N) is 4. The fourth-order valence-electron chi connectivity index (χ4n) is 4.38. The Bertz CT molecular complexity index is 1280. The number of hydrogen-bond donors (Lipinski definition) is 1. The molecule has 0 bridgehead atoms. The highest BCUT2D eigenvalue weighted by Crippen LogP contribution is 2.22. The van der Waals surface area contributed by atoms with Crippen LogP contribution in [0.5, 0.6) is 0 Å². The number of nitrogens with one attached hydrogen (secondary N) is 1. The molecule has 1 fully saturated rings. The molecule has 1 aliphatic rings. The molecule has 3 heterocycles. The quantitative estimate of drug-likeness (QED) is 0.326. The second kappa shape index (κ2) is 12.2. The van der Waals surface area contributed by atoms with Gasteiger partial charge < -0.3 is 19.5 Å². The minimum atomic E-state index is 0.578. The Morgan fingerprint density at radius 3 is 1.97 bits per heavy atom. The number of fused-ring (bicyclic) bond motifs is 1. The zero-order valence-corrected chi connectivity index (χ0v) is 22.1. The van der Waals surface area contributed by atoms with E-state index in [1.165, 1.54) is 17.1 Å². The number of rotatable bonds is 6. The number of amides is 1. The van der Waals surface area contributed by atoms with Gasteiger partial charge in [0.25, 0.3) is 0 Å². The van der Waals surface area contributed by atoms with Gasteiger partial charge in [-0.25, -0.2) is 4.98 Å². The van der Waals surface area contributed by atoms with Gasteiger partial charge >= 0.3 is 0 Å². The van der Waals surface area contributed by atoms with Crippen LogP contribution in [0.15, 0.2) is 66.9 Å². The van der Waals surface area contributed by atoms with Crippen molar-refractivity contribution < 1.29 is 4.79 Å². The van der Waals surface area contributed by atoms with E-state index in [2.05, 4.69) is 70.3 Å². The molecule has 0 spiro atoms. The predicted molar refractivity (Wildman–Crippen MR) is 150 cm³/mol. The lowest BCUT2D eigenvalue weighted by atomic mass is 10.1. The molecule has 36 heavy (non-hydrogen) atoms. The molecule has 8 heteroatoms. The monoisotopic (exact) mass is 523 g/mol. The van der Waals surface area contributed by atoms with Crippen molar-refractivity contribution in [3.05, 3.63) is 93.9 Å². The van der Waals surface area contributed by atoms with Crippen LogP contribution in [0, 0.1) is 6.92 Å². The first-order valence-electron chi connectivity index (χ1n) is 12.1. The number of halogens is 2. The SMILES string of the molecule is CCc1nc2ccc(Cl)cn2c1C.O=CNCc1ccc(N2CCN(c3ccc(Cl)cc3)CC2)cc1. The van der Waals surface area contributed by atoms with Crippen molar-refractivity contribution in [1.82, 2.24) is 14.7 Å². The van der Waals surface area contributed by atoms with Crippen molar-refractivity contribution in [2.45, 2.75) is 26.8 Å². The van der Waals surface area contributed by atoms with Gasteiger partial charge in [-0.1, -0.05) is 42.3 Å². The highest BCUT2D eigenvalue weighted by atomic mass is 35.5. The van der Waals surface area contributed by atoms with Gasteiger partial charge in [0.2, 0.25) is 6.41 Å². The number of pyridine rings is 1. The van der Waals surface area contributed by atoms with Gasteiger partial charge in [-0.15, -0.1) is 0 Å². The third kappa shape index (κ3) is 6.31. The zero-order valence-electron chi connectivity index (χ0n) is 20.6. The number of imidazole rings is 1. The molecule has 1 N–H and O–H groups in total. The van der Waals surface area contributed by atoms with Crippen molar-refractivity contribution >= 4 is 46.6 Å². The Labute approximate surface area is 222 Å². The van der Waals surface area contributed by atoms with E-state index in [4.69, 9.17) is 23.2 Å². The zero-order chi connectivity index (χ0) is 25.5. The average Bonchev–Trinajstić information content (AvgIpc) is 3.23. The molecule has 6 nitrogen and oxygen atoms in total. The smallest absolute Gasteiger partial charge is 0.207 e. The fourth-order valence-corrected chi connectivity index (χ4v) is 4.67. The number of hydrogen-bond acceptors (Lipinski definition) is 4. The van der Waals surface area contributed by atoms with E-state index in [9.17, 15) is 4.79 Å². The van der Waals surface area contributed by atoms with Crippen molar-refractivity contribution in [3.8, 4) is 0 Å². The first kappa shape index (κ1) is 25.9. The molecule has 0 radical (unpaired) electrons. The summed E-state index contributed by atoms with van der Waals surface area (Å²) < 4.78 is 2.03. The van der Waals surface area contributed by atoms with Crippen LogP contribution in [0.25, 0.3) is 5.65 Å². The summed E-state index contributed by atoms with van der Waals surface area (Å²) in [5.74, 6) is 0. The van der Waals surface area contributed by atoms with Gasteiger partial charge in [0.15, 0.2) is 0 Å². The number of piperazine rings is 1. The van der Waals surface area contributed by atoms with Gasteiger partial charge in [-0.3, -0.25) is 4.79 Å². The second-order valence-electron chi connectivity index (χ2n) is 8.69. The standard InChI is InChI=1S/C18H20ClN3O.C10H11ClN2/c19-16-3-7-18(8-4-16)22-11-9-21(10-12-22)17-5-1-15(2-6-17)13-20-14-23;1-3-9-7(2)13-6-8(11)4-5-10(13)12-9/h1-8,14H,9-13H2,(H,20,23);4-6H,3H2,1-2H3. The second-order valence-corrected chi connectivity index (χ2v) is 9.56. The Hall–Kier alpha value is -3.22. The molecule has 2 aromatic heterocycles. The number of aryl methyl sites for hydroxylation is 2. The molecule has 1 saturated heterocycles. The van der Waals surface area contributed by atoms with Crippen LogP contribution in [-0.4, -0.2) is 42.0 Å².